The highest BCUT2D eigenvalue weighted by molar-refractivity contribution is 7.15. The predicted molar refractivity (Wildman–Crippen MR) is 112 cm³/mol. The second kappa shape index (κ2) is 8.63. The topological polar surface area (TPSA) is 112 Å². The molecule has 2 heterocycles. The number of carbonyl (C=O) groups excluding carboxylic acids is 3. The van der Waals surface area contributed by atoms with Gasteiger partial charge in [0.05, 0.1) is 0 Å². The van der Waals surface area contributed by atoms with Gasteiger partial charge in [-0.05, 0) is 43.9 Å². The summed E-state index contributed by atoms with van der Waals surface area (Å²) in [7, 11) is 0. The zero-order chi connectivity index (χ0) is 21.3. The molecule has 9 heteroatoms. The Morgan fingerprint density at radius 1 is 1.33 bits per heavy atom. The van der Waals surface area contributed by atoms with Crippen LogP contribution in [0.4, 0.5) is 5.13 Å². The molecule has 30 heavy (non-hydrogen) atoms. The molecule has 2 atom stereocenters. The molecule has 3 aliphatic rings. The van der Waals surface area contributed by atoms with Crippen molar-refractivity contribution in [2.45, 2.75) is 70.8 Å². The Labute approximate surface area is 180 Å². The van der Waals surface area contributed by atoms with Crippen molar-refractivity contribution in [2.24, 2.45) is 17.3 Å². The van der Waals surface area contributed by atoms with E-state index in [1.807, 2.05) is 6.92 Å². The second-order valence-electron chi connectivity index (χ2n) is 9.27. The molecular formula is C21H30N4O4S. The number of hydrogen-bond donors (Lipinski definition) is 3. The number of rotatable bonds is 7. The monoisotopic (exact) mass is 434 g/mol. The van der Waals surface area contributed by atoms with Crippen molar-refractivity contribution in [2.75, 3.05) is 11.9 Å². The first-order valence-corrected chi connectivity index (χ1v) is 11.7. The van der Waals surface area contributed by atoms with Gasteiger partial charge in [-0.2, -0.15) is 0 Å². The van der Waals surface area contributed by atoms with Crippen LogP contribution >= 0.6 is 11.3 Å². The molecule has 3 fully saturated rings. The minimum Gasteiger partial charge on any atom is -0.330 e. The fraction of sp³-hybridized carbons (Fsp3) is 0.714. The van der Waals surface area contributed by atoms with Crippen molar-refractivity contribution in [3.8, 4) is 0 Å². The second-order valence-corrected chi connectivity index (χ2v) is 10.5. The summed E-state index contributed by atoms with van der Waals surface area (Å²) in [6, 6.07) is -0.535. The van der Waals surface area contributed by atoms with E-state index in [0.717, 1.165) is 43.4 Å². The number of anilines is 1. The van der Waals surface area contributed by atoms with Crippen molar-refractivity contribution in [1.82, 2.24) is 15.4 Å². The van der Waals surface area contributed by atoms with E-state index in [1.165, 1.54) is 11.3 Å². The van der Waals surface area contributed by atoms with Gasteiger partial charge in [-0.25, -0.2) is 10.5 Å². The lowest BCUT2D eigenvalue weighted by Crippen LogP contribution is -2.46. The van der Waals surface area contributed by atoms with E-state index in [0.29, 0.717) is 30.4 Å². The first-order valence-electron chi connectivity index (χ1n) is 10.9. The van der Waals surface area contributed by atoms with Crippen LogP contribution in [0, 0.1) is 24.2 Å². The van der Waals surface area contributed by atoms with Crippen molar-refractivity contribution < 1.29 is 19.6 Å². The molecule has 2 aliphatic carbocycles. The summed E-state index contributed by atoms with van der Waals surface area (Å²) in [6.45, 7) is 2.50. The maximum atomic E-state index is 13.5. The minimum absolute atomic E-state index is 0.0463. The molecule has 0 bridgehead atoms. The number of amides is 3. The van der Waals surface area contributed by atoms with Crippen LogP contribution in [0.5, 0.6) is 0 Å². The maximum absolute atomic E-state index is 13.5. The van der Waals surface area contributed by atoms with E-state index in [1.54, 1.807) is 16.6 Å². The molecule has 1 aromatic rings. The third-order valence-corrected chi connectivity index (χ3v) is 7.73. The van der Waals surface area contributed by atoms with E-state index in [9.17, 15) is 14.4 Å². The van der Waals surface area contributed by atoms with Crippen molar-refractivity contribution in [3.63, 3.8) is 0 Å². The molecular weight excluding hydrogens is 404 g/mol. The Bertz CT molecular complexity index is 816. The molecule has 164 valence electrons. The van der Waals surface area contributed by atoms with Crippen LogP contribution in [-0.2, 0) is 14.4 Å². The normalized spacial score (nSPS) is 23.5. The number of aromatic nitrogens is 1. The summed E-state index contributed by atoms with van der Waals surface area (Å²) in [4.78, 5) is 45.4. The van der Waals surface area contributed by atoms with E-state index in [-0.39, 0.29) is 23.7 Å². The quantitative estimate of drug-likeness (QED) is 0.451. The number of carbonyl (C=O) groups is 3. The standard InChI is InChI=1S/C21H30N4O4S/c1-13-11-22-20(30-13)23-18(27)16-10-21(6-7-21)12-25(16)19(28)15(9-17(26)24-29)8-14-4-2-3-5-14/h11,14-16,29H,2-10,12H2,1H3,(H,24,26)(H,22,23,27)/t15-,16+/m1/s1. The van der Waals surface area contributed by atoms with E-state index in [2.05, 4.69) is 10.3 Å². The molecule has 0 unspecified atom stereocenters. The number of likely N-dealkylation sites (tertiary alicyclic amines) is 1. The minimum atomic E-state index is -0.550. The first-order chi connectivity index (χ1) is 14.4. The molecule has 0 radical (unpaired) electrons. The van der Waals surface area contributed by atoms with E-state index < -0.39 is 17.9 Å². The van der Waals surface area contributed by atoms with Crippen molar-refractivity contribution in [1.29, 1.82) is 0 Å². The lowest BCUT2D eigenvalue weighted by atomic mass is 9.89. The SMILES string of the molecule is Cc1cnc(NC(=O)[C@@H]2CC3(CC3)CN2C(=O)[C@@H](CC(=O)NO)CC2CCCC2)s1. The highest BCUT2D eigenvalue weighted by Gasteiger charge is 2.55. The highest BCUT2D eigenvalue weighted by Crippen LogP contribution is 2.55. The van der Waals surface area contributed by atoms with Gasteiger partial charge in [0.25, 0.3) is 0 Å². The average Bonchev–Trinajstić information content (AvgIpc) is 3.08. The van der Waals surface area contributed by atoms with Crippen LogP contribution in [0.2, 0.25) is 0 Å². The fourth-order valence-electron chi connectivity index (χ4n) is 5.09. The number of thiazole rings is 1. The molecule has 1 aliphatic heterocycles. The number of hydrogen-bond acceptors (Lipinski definition) is 6. The number of nitrogens with zero attached hydrogens (tertiary/aromatic N) is 2. The first kappa shape index (κ1) is 21.2. The molecule has 3 amide bonds. The smallest absolute Gasteiger partial charge is 0.248 e. The summed E-state index contributed by atoms with van der Waals surface area (Å²) < 4.78 is 0. The Kier molecular flexibility index (Phi) is 6.11. The van der Waals surface area contributed by atoms with Crippen LogP contribution in [0.15, 0.2) is 6.20 Å². The van der Waals surface area contributed by atoms with Gasteiger partial charge in [0, 0.05) is 30.0 Å². The van der Waals surface area contributed by atoms with Gasteiger partial charge in [-0.15, -0.1) is 11.3 Å². The zero-order valence-electron chi connectivity index (χ0n) is 17.4. The van der Waals surface area contributed by atoms with Gasteiger partial charge < -0.3 is 10.2 Å². The van der Waals surface area contributed by atoms with Crippen LogP contribution in [0.1, 0.15) is 62.7 Å². The largest absolute Gasteiger partial charge is 0.330 e. The molecule has 1 saturated heterocycles. The van der Waals surface area contributed by atoms with Crippen LogP contribution in [-0.4, -0.2) is 45.4 Å². The lowest BCUT2D eigenvalue weighted by Gasteiger charge is -2.29. The molecule has 1 aromatic heterocycles. The summed E-state index contributed by atoms with van der Waals surface area (Å²) in [5.41, 5.74) is 1.72. The fourth-order valence-corrected chi connectivity index (χ4v) is 5.75. The molecule has 1 spiro atoms. The summed E-state index contributed by atoms with van der Waals surface area (Å²) in [5, 5.41) is 12.4. The van der Waals surface area contributed by atoms with Crippen molar-refractivity contribution in [3.05, 3.63) is 11.1 Å². The Balaban J connectivity index is 1.50. The Morgan fingerprint density at radius 2 is 2.07 bits per heavy atom. The van der Waals surface area contributed by atoms with Gasteiger partial charge in [-0.1, -0.05) is 25.7 Å². The third kappa shape index (κ3) is 4.67. The number of hydroxylamine groups is 1. The highest BCUT2D eigenvalue weighted by atomic mass is 32.1. The molecule has 0 aromatic carbocycles. The predicted octanol–water partition coefficient (Wildman–Crippen LogP) is 2.86. The number of nitrogens with one attached hydrogen (secondary N) is 2. The van der Waals surface area contributed by atoms with Gasteiger partial charge in [-0.3, -0.25) is 19.6 Å². The lowest BCUT2D eigenvalue weighted by molar-refractivity contribution is -0.144. The van der Waals surface area contributed by atoms with Crippen LogP contribution < -0.4 is 10.8 Å². The van der Waals surface area contributed by atoms with Gasteiger partial charge in [0.1, 0.15) is 6.04 Å². The van der Waals surface area contributed by atoms with Gasteiger partial charge in [0.2, 0.25) is 17.7 Å². The van der Waals surface area contributed by atoms with Gasteiger partial charge in [0.15, 0.2) is 5.13 Å². The van der Waals surface area contributed by atoms with E-state index >= 15 is 0 Å². The Hall–Kier alpha value is -2.00. The molecule has 8 nitrogen and oxygen atoms in total. The van der Waals surface area contributed by atoms with Crippen LogP contribution in [0.25, 0.3) is 0 Å². The van der Waals surface area contributed by atoms with E-state index in [4.69, 9.17) is 5.21 Å². The molecule has 4 rings (SSSR count). The molecule has 2 saturated carbocycles. The number of aryl methyl sites for hydroxylation is 1. The zero-order valence-corrected chi connectivity index (χ0v) is 18.2. The summed E-state index contributed by atoms with van der Waals surface area (Å²) in [6.07, 6.45) is 9.48. The van der Waals surface area contributed by atoms with Crippen molar-refractivity contribution >= 4 is 34.2 Å². The summed E-state index contributed by atoms with van der Waals surface area (Å²) in [5.74, 6) is -0.969. The van der Waals surface area contributed by atoms with Gasteiger partial charge >= 0.3 is 0 Å². The summed E-state index contributed by atoms with van der Waals surface area (Å²) >= 11 is 1.41. The average molecular weight is 435 g/mol. The molecule has 3 N–H and O–H groups in total. The third-order valence-electron chi connectivity index (χ3n) is 6.90. The Morgan fingerprint density at radius 3 is 2.67 bits per heavy atom. The maximum Gasteiger partial charge on any atom is 0.248 e. The van der Waals surface area contributed by atoms with Crippen LogP contribution in [0.3, 0.4) is 0 Å².